The normalized spacial score (nSPS) is 16.5. The summed E-state index contributed by atoms with van der Waals surface area (Å²) in [4.78, 5) is 0. The quantitative estimate of drug-likeness (QED) is 0.330. The van der Waals surface area contributed by atoms with Crippen LogP contribution in [0.4, 0.5) is 0 Å². The first-order chi connectivity index (χ1) is 2.27. The fourth-order valence-electron chi connectivity index (χ4n) is 0. The van der Waals surface area contributed by atoms with Crippen LogP contribution in [0, 0.1) is 12.3 Å². The van der Waals surface area contributed by atoms with Crippen molar-refractivity contribution in [1.29, 1.82) is 0 Å². The van der Waals surface area contributed by atoms with Crippen molar-refractivity contribution < 1.29 is 1.37 Å². The lowest BCUT2D eigenvalue weighted by Gasteiger charge is -1.50. The summed E-state index contributed by atoms with van der Waals surface area (Å²) in [6.07, 6.45) is 4.69. The van der Waals surface area contributed by atoms with Crippen LogP contribution >= 0.6 is 15.9 Å². The summed E-state index contributed by atoms with van der Waals surface area (Å²) >= 11 is 2.80. The summed E-state index contributed by atoms with van der Waals surface area (Å²) in [5.74, 6) is 2.11. The minimum atomic E-state index is -0.525. The molecule has 0 aromatic rings. The molecule has 22 valence electrons. The SMILES string of the molecule is [2H]C(Br)C#C. The van der Waals surface area contributed by atoms with Gasteiger partial charge in [0, 0.05) is 0 Å². The zero-order valence-corrected chi connectivity index (χ0v) is 3.62. The Kier molecular flexibility index (Phi) is 1.74. The highest BCUT2D eigenvalue weighted by molar-refractivity contribution is 9.09. The fraction of sp³-hybridized carbons (Fsp3) is 0.333. The Bertz CT molecular complexity index is 52.4. The minimum absolute atomic E-state index is 0.525. The summed E-state index contributed by atoms with van der Waals surface area (Å²) in [7, 11) is 0. The average molecular weight is 120 g/mol. The largest absolute Gasteiger partial charge is 0.119 e. The van der Waals surface area contributed by atoms with Crippen molar-refractivity contribution in [2.45, 2.75) is 0 Å². The monoisotopic (exact) mass is 119 g/mol. The van der Waals surface area contributed by atoms with E-state index in [0.717, 1.165) is 0 Å². The van der Waals surface area contributed by atoms with E-state index in [-0.39, 0.29) is 0 Å². The van der Waals surface area contributed by atoms with E-state index in [1.165, 1.54) is 0 Å². The smallest absolute Gasteiger partial charge is 0.0642 e. The molecule has 0 aliphatic carbocycles. The lowest BCUT2D eigenvalue weighted by atomic mass is 10.9. The second-order valence-corrected chi connectivity index (χ2v) is 0.734. The van der Waals surface area contributed by atoms with E-state index in [0.29, 0.717) is 0 Å². The molecule has 0 N–H and O–H groups in total. The van der Waals surface area contributed by atoms with Gasteiger partial charge in [0.25, 0.3) is 0 Å². The van der Waals surface area contributed by atoms with E-state index < -0.39 is 5.31 Å². The van der Waals surface area contributed by atoms with E-state index in [4.69, 9.17) is 1.37 Å². The van der Waals surface area contributed by atoms with Crippen molar-refractivity contribution in [2.75, 3.05) is 5.31 Å². The van der Waals surface area contributed by atoms with Crippen molar-refractivity contribution in [3.8, 4) is 12.3 Å². The number of terminal acetylenes is 1. The minimum Gasteiger partial charge on any atom is -0.119 e. The molecule has 0 amide bonds. The van der Waals surface area contributed by atoms with Crippen molar-refractivity contribution in [3.05, 3.63) is 0 Å². The van der Waals surface area contributed by atoms with Gasteiger partial charge in [-0.2, -0.15) is 0 Å². The van der Waals surface area contributed by atoms with Gasteiger partial charge in [0.2, 0.25) is 0 Å². The molecule has 0 nitrogen and oxygen atoms in total. The van der Waals surface area contributed by atoms with E-state index in [2.05, 4.69) is 28.3 Å². The van der Waals surface area contributed by atoms with Gasteiger partial charge in [-0.15, -0.1) is 6.42 Å². The zero-order valence-electron chi connectivity index (χ0n) is 3.03. The Balaban J connectivity index is 2.94. The highest BCUT2D eigenvalue weighted by atomic mass is 79.9. The molecule has 1 atom stereocenters. The predicted molar refractivity (Wildman–Crippen MR) is 22.6 cm³/mol. The number of halogens is 1. The van der Waals surface area contributed by atoms with Crippen molar-refractivity contribution >= 4 is 15.9 Å². The van der Waals surface area contributed by atoms with Crippen LogP contribution in [0.3, 0.4) is 0 Å². The zero-order chi connectivity index (χ0) is 4.28. The van der Waals surface area contributed by atoms with Crippen LogP contribution in [-0.4, -0.2) is 5.31 Å². The van der Waals surface area contributed by atoms with E-state index in [9.17, 15) is 0 Å². The Morgan fingerprint density at radius 1 is 2.50 bits per heavy atom. The van der Waals surface area contributed by atoms with Crippen molar-refractivity contribution in [3.63, 3.8) is 0 Å². The summed E-state index contributed by atoms with van der Waals surface area (Å²) in [6, 6.07) is 0. The molecule has 0 aromatic heterocycles. The Morgan fingerprint density at radius 3 is 2.75 bits per heavy atom. The number of alkyl halides is 1. The summed E-state index contributed by atoms with van der Waals surface area (Å²) in [6.45, 7) is 0. The maximum atomic E-state index is 6.51. The lowest BCUT2D eigenvalue weighted by Crippen LogP contribution is -1.45. The Hall–Kier alpha value is 0.0400. The van der Waals surface area contributed by atoms with Crippen LogP contribution in [-0.2, 0) is 0 Å². The molecular weight excluding hydrogens is 116 g/mol. The van der Waals surface area contributed by atoms with Crippen LogP contribution in [0.2, 0.25) is 0 Å². The first kappa shape index (κ1) is 2.29. The fourth-order valence-corrected chi connectivity index (χ4v) is 0. The molecule has 1 unspecified atom stereocenters. The summed E-state index contributed by atoms with van der Waals surface area (Å²) < 4.78 is 6.51. The summed E-state index contributed by atoms with van der Waals surface area (Å²) in [5.41, 5.74) is 0. The van der Waals surface area contributed by atoms with Gasteiger partial charge < -0.3 is 0 Å². The van der Waals surface area contributed by atoms with Crippen LogP contribution in [0.5, 0.6) is 0 Å². The molecule has 4 heavy (non-hydrogen) atoms. The molecule has 0 radical (unpaired) electrons. The molecule has 0 aliphatic rings. The molecule has 0 fully saturated rings. The number of rotatable bonds is 0. The summed E-state index contributed by atoms with van der Waals surface area (Å²) in [5, 5.41) is -0.525. The second kappa shape index (κ2) is 3.04. The topological polar surface area (TPSA) is 0 Å². The molecule has 0 aliphatic heterocycles. The van der Waals surface area contributed by atoms with Gasteiger partial charge >= 0.3 is 0 Å². The van der Waals surface area contributed by atoms with Crippen LogP contribution in [0.25, 0.3) is 0 Å². The van der Waals surface area contributed by atoms with E-state index in [1.807, 2.05) is 0 Å². The van der Waals surface area contributed by atoms with Crippen molar-refractivity contribution in [2.24, 2.45) is 0 Å². The maximum absolute atomic E-state index is 6.51. The van der Waals surface area contributed by atoms with E-state index in [1.54, 1.807) is 0 Å². The second-order valence-electron chi connectivity index (χ2n) is 0.276. The molecule has 0 spiro atoms. The highest BCUT2D eigenvalue weighted by Crippen LogP contribution is 1.68. The van der Waals surface area contributed by atoms with Gasteiger partial charge in [0.15, 0.2) is 0 Å². The van der Waals surface area contributed by atoms with Gasteiger partial charge in [-0.1, -0.05) is 21.9 Å². The molecular formula is C3H3Br. The van der Waals surface area contributed by atoms with Gasteiger partial charge in [-0.25, -0.2) is 0 Å². The van der Waals surface area contributed by atoms with Crippen molar-refractivity contribution in [1.82, 2.24) is 0 Å². The Labute approximate surface area is 35.7 Å². The average Bonchev–Trinajstić information content (AvgIpc) is 1.38. The van der Waals surface area contributed by atoms with Crippen LogP contribution in [0.15, 0.2) is 0 Å². The third-order valence-corrected chi connectivity index (χ3v) is 0.327. The molecule has 1 heteroatoms. The van der Waals surface area contributed by atoms with Gasteiger partial charge in [0.1, 0.15) is 0 Å². The first-order valence-corrected chi connectivity index (χ1v) is 1.71. The maximum Gasteiger partial charge on any atom is 0.0642 e. The standard InChI is InChI=1S/C3H3Br/c1-2-3-4/h1H,3H2/i3D. The Morgan fingerprint density at radius 2 is 2.75 bits per heavy atom. The lowest BCUT2D eigenvalue weighted by molar-refractivity contribution is 2.02. The van der Waals surface area contributed by atoms with Crippen LogP contribution in [0.1, 0.15) is 1.37 Å². The molecule has 0 bridgehead atoms. The molecule has 0 saturated carbocycles. The third kappa shape index (κ3) is 2.04. The molecule has 0 saturated heterocycles. The predicted octanol–water partition coefficient (Wildman–Crippen LogP) is 1.01. The molecule has 0 rings (SSSR count). The highest BCUT2D eigenvalue weighted by Gasteiger charge is 1.46. The van der Waals surface area contributed by atoms with E-state index >= 15 is 0 Å². The molecule has 0 heterocycles. The van der Waals surface area contributed by atoms with Gasteiger partial charge in [-0.05, 0) is 0 Å². The first-order valence-electron chi connectivity index (χ1n) is 1.37. The van der Waals surface area contributed by atoms with Crippen LogP contribution < -0.4 is 0 Å². The van der Waals surface area contributed by atoms with Gasteiger partial charge in [0.05, 0.1) is 6.68 Å². The molecule has 0 aromatic carbocycles. The third-order valence-electron chi connectivity index (χ3n) is 0.0630. The number of hydrogen-bond donors (Lipinski definition) is 0. The van der Waals surface area contributed by atoms with Gasteiger partial charge in [-0.3, -0.25) is 0 Å². The number of hydrogen-bond acceptors (Lipinski definition) is 0.